The van der Waals surface area contributed by atoms with Crippen molar-refractivity contribution in [3.63, 3.8) is 0 Å². The van der Waals surface area contributed by atoms with E-state index in [4.69, 9.17) is 0 Å². The molecular weight excluding hydrogens is 194 g/mol. The van der Waals surface area contributed by atoms with Crippen LogP contribution >= 0.6 is 37.2 Å². The zero-order chi connectivity index (χ0) is 4.95. The second-order valence-electron chi connectivity index (χ2n) is 1.85. The van der Waals surface area contributed by atoms with E-state index < -0.39 is 0 Å². The van der Waals surface area contributed by atoms with Crippen LogP contribution in [-0.4, -0.2) is 26.2 Å². The monoisotopic (exact) mass is 208 g/mol. The Balaban J connectivity index is -0.000000163. The van der Waals surface area contributed by atoms with E-state index in [1.54, 1.807) is 0 Å². The molecule has 2 nitrogen and oxygen atoms in total. The summed E-state index contributed by atoms with van der Waals surface area (Å²) in [6, 6.07) is 0. The fourth-order valence-electron chi connectivity index (χ4n) is 0.765. The highest BCUT2D eigenvalue weighted by molar-refractivity contribution is 5.86. The van der Waals surface area contributed by atoms with Crippen molar-refractivity contribution in [1.82, 2.24) is 10.6 Å². The van der Waals surface area contributed by atoms with E-state index >= 15 is 0 Å². The fraction of sp³-hybridized carbons (Fsp3) is 1.00. The lowest BCUT2D eigenvalue weighted by Crippen LogP contribution is -2.21. The van der Waals surface area contributed by atoms with E-state index in [1.807, 2.05) is 0 Å². The molecule has 0 unspecified atom stereocenters. The van der Waals surface area contributed by atoms with Gasteiger partial charge in [0, 0.05) is 13.1 Å². The molecule has 0 aromatic heterocycles. The summed E-state index contributed by atoms with van der Waals surface area (Å²) in [6.45, 7) is 4.65. The summed E-state index contributed by atoms with van der Waals surface area (Å²) in [5, 5.41) is 6.57. The number of nitrogens with one attached hydrogen (secondary N) is 2. The fourth-order valence-corrected chi connectivity index (χ4v) is 0.765. The second-order valence-corrected chi connectivity index (χ2v) is 1.85. The number of halogens is 3. The van der Waals surface area contributed by atoms with Crippen molar-refractivity contribution in [2.24, 2.45) is 0 Å². The molecule has 0 saturated carbocycles. The highest BCUT2D eigenvalue weighted by Crippen LogP contribution is 1.75. The predicted octanol–water partition coefficient (Wildman–Crippen LogP) is 0.835. The van der Waals surface area contributed by atoms with Gasteiger partial charge in [-0.15, -0.1) is 37.2 Å². The molecule has 1 aliphatic heterocycles. The standard InChI is InChI=1S/C5H12N2.3ClH/c1-2-6-4-5-7-3-1;;;/h6-7H,1-5H2;3*1H. The molecule has 1 saturated heterocycles. The zero-order valence-electron chi connectivity index (χ0n) is 5.76. The lowest BCUT2D eigenvalue weighted by atomic mass is 10.4. The van der Waals surface area contributed by atoms with Gasteiger partial charge in [-0.05, 0) is 19.5 Å². The molecule has 0 amide bonds. The van der Waals surface area contributed by atoms with Crippen LogP contribution in [0.2, 0.25) is 0 Å². The molecule has 10 heavy (non-hydrogen) atoms. The predicted molar refractivity (Wildman–Crippen MR) is 52.1 cm³/mol. The molecule has 0 aliphatic carbocycles. The summed E-state index contributed by atoms with van der Waals surface area (Å²) in [5.74, 6) is 0. The smallest absolute Gasteiger partial charge is 0.00767 e. The third-order valence-corrected chi connectivity index (χ3v) is 1.19. The molecule has 0 spiro atoms. The van der Waals surface area contributed by atoms with Gasteiger partial charge in [-0.25, -0.2) is 0 Å². The van der Waals surface area contributed by atoms with Crippen LogP contribution in [0.1, 0.15) is 6.42 Å². The normalized spacial score (nSPS) is 16.8. The van der Waals surface area contributed by atoms with Crippen LogP contribution in [0.4, 0.5) is 0 Å². The molecule has 1 rings (SSSR count). The average molecular weight is 210 g/mol. The maximum Gasteiger partial charge on any atom is 0.00767 e. The van der Waals surface area contributed by atoms with Crippen molar-refractivity contribution in [3.8, 4) is 0 Å². The van der Waals surface area contributed by atoms with Crippen LogP contribution in [0.15, 0.2) is 0 Å². The van der Waals surface area contributed by atoms with Gasteiger partial charge >= 0.3 is 0 Å². The Morgan fingerprint density at radius 3 is 1.40 bits per heavy atom. The largest absolute Gasteiger partial charge is 0.315 e. The topological polar surface area (TPSA) is 24.1 Å². The SMILES string of the molecule is C1CNCCNC1.Cl.Cl.Cl. The summed E-state index contributed by atoms with van der Waals surface area (Å²) in [7, 11) is 0. The lowest BCUT2D eigenvalue weighted by molar-refractivity contribution is 0.718. The average Bonchev–Trinajstić information content (AvgIpc) is 1.90. The van der Waals surface area contributed by atoms with E-state index in [9.17, 15) is 0 Å². The Morgan fingerprint density at radius 1 is 0.600 bits per heavy atom. The van der Waals surface area contributed by atoms with E-state index in [0.29, 0.717) is 0 Å². The van der Waals surface area contributed by atoms with Gasteiger partial charge in [0.05, 0.1) is 0 Å². The number of hydrogen-bond donors (Lipinski definition) is 2. The van der Waals surface area contributed by atoms with Crippen LogP contribution < -0.4 is 10.6 Å². The van der Waals surface area contributed by atoms with Crippen LogP contribution in [0.25, 0.3) is 0 Å². The first-order valence-electron chi connectivity index (χ1n) is 2.91. The van der Waals surface area contributed by atoms with Gasteiger partial charge in [0.1, 0.15) is 0 Å². The summed E-state index contributed by atoms with van der Waals surface area (Å²) in [5.41, 5.74) is 0. The van der Waals surface area contributed by atoms with Crippen molar-refractivity contribution >= 4 is 37.2 Å². The first-order valence-corrected chi connectivity index (χ1v) is 2.91. The minimum absolute atomic E-state index is 0. The van der Waals surface area contributed by atoms with Gasteiger partial charge in [0.25, 0.3) is 0 Å². The molecular formula is C5H15Cl3N2. The molecule has 2 N–H and O–H groups in total. The third kappa shape index (κ3) is 8.79. The molecule has 1 aliphatic rings. The zero-order valence-corrected chi connectivity index (χ0v) is 8.21. The Morgan fingerprint density at radius 2 is 1.00 bits per heavy atom. The molecule has 1 heterocycles. The van der Waals surface area contributed by atoms with Gasteiger partial charge in [-0.2, -0.15) is 0 Å². The molecule has 0 aromatic carbocycles. The third-order valence-electron chi connectivity index (χ3n) is 1.19. The minimum Gasteiger partial charge on any atom is -0.315 e. The molecule has 0 atom stereocenters. The summed E-state index contributed by atoms with van der Waals surface area (Å²) >= 11 is 0. The van der Waals surface area contributed by atoms with Gasteiger partial charge < -0.3 is 10.6 Å². The number of hydrogen-bond acceptors (Lipinski definition) is 2. The van der Waals surface area contributed by atoms with Crippen molar-refractivity contribution in [1.29, 1.82) is 0 Å². The minimum atomic E-state index is 0. The first-order chi connectivity index (χ1) is 3.50. The van der Waals surface area contributed by atoms with Crippen LogP contribution in [0.3, 0.4) is 0 Å². The number of rotatable bonds is 0. The summed E-state index contributed by atoms with van der Waals surface area (Å²) in [6.07, 6.45) is 1.28. The maximum absolute atomic E-state index is 3.28. The van der Waals surface area contributed by atoms with E-state index in [1.165, 1.54) is 19.5 Å². The molecule has 0 aromatic rings. The molecule has 5 heteroatoms. The van der Waals surface area contributed by atoms with E-state index in [0.717, 1.165) is 13.1 Å². The Labute approximate surface area is 80.8 Å². The van der Waals surface area contributed by atoms with Crippen molar-refractivity contribution in [2.45, 2.75) is 6.42 Å². The summed E-state index contributed by atoms with van der Waals surface area (Å²) < 4.78 is 0. The second kappa shape index (κ2) is 12.5. The Bertz CT molecular complexity index is 34.5. The van der Waals surface area contributed by atoms with Crippen LogP contribution in [0.5, 0.6) is 0 Å². The molecule has 0 radical (unpaired) electrons. The van der Waals surface area contributed by atoms with Gasteiger partial charge in [-0.1, -0.05) is 0 Å². The molecule has 66 valence electrons. The molecule has 0 bridgehead atoms. The van der Waals surface area contributed by atoms with E-state index in [2.05, 4.69) is 10.6 Å². The maximum atomic E-state index is 3.28. The quantitative estimate of drug-likeness (QED) is 0.618. The van der Waals surface area contributed by atoms with Gasteiger partial charge in [0.2, 0.25) is 0 Å². The molecule has 1 fully saturated rings. The van der Waals surface area contributed by atoms with Crippen LogP contribution in [0, 0.1) is 0 Å². The Hall–Kier alpha value is 0.790. The summed E-state index contributed by atoms with van der Waals surface area (Å²) in [4.78, 5) is 0. The Kier molecular flexibility index (Phi) is 21.2. The highest BCUT2D eigenvalue weighted by Gasteiger charge is 1.92. The van der Waals surface area contributed by atoms with Crippen molar-refractivity contribution in [3.05, 3.63) is 0 Å². The van der Waals surface area contributed by atoms with Crippen molar-refractivity contribution in [2.75, 3.05) is 26.2 Å². The van der Waals surface area contributed by atoms with Gasteiger partial charge in [-0.3, -0.25) is 0 Å². The van der Waals surface area contributed by atoms with Crippen molar-refractivity contribution < 1.29 is 0 Å². The lowest BCUT2D eigenvalue weighted by Gasteiger charge is -1.92. The highest BCUT2D eigenvalue weighted by atomic mass is 35.5. The van der Waals surface area contributed by atoms with E-state index in [-0.39, 0.29) is 37.2 Å². The van der Waals surface area contributed by atoms with Crippen LogP contribution in [-0.2, 0) is 0 Å². The first kappa shape index (κ1) is 17.0. The van der Waals surface area contributed by atoms with Gasteiger partial charge in [0.15, 0.2) is 0 Å².